The zero-order chi connectivity index (χ0) is 9.61. The summed E-state index contributed by atoms with van der Waals surface area (Å²) < 4.78 is 16.0. The van der Waals surface area contributed by atoms with Crippen molar-refractivity contribution in [3.05, 3.63) is 12.8 Å². The van der Waals surface area contributed by atoms with E-state index < -0.39 is 8.56 Å². The lowest BCUT2D eigenvalue weighted by Gasteiger charge is -2.30. The molecule has 0 aliphatic heterocycles. The summed E-state index contributed by atoms with van der Waals surface area (Å²) in [7, 11) is 1.17. The van der Waals surface area contributed by atoms with Crippen LogP contribution in [0.2, 0.25) is 6.55 Å². The zero-order valence-corrected chi connectivity index (χ0v) is 9.29. The van der Waals surface area contributed by atoms with E-state index in [-0.39, 0.29) is 5.73 Å². The maximum absolute atomic E-state index is 5.34. The van der Waals surface area contributed by atoms with E-state index in [1.165, 1.54) is 6.26 Å². The maximum atomic E-state index is 5.34. The van der Waals surface area contributed by atoms with Crippen molar-refractivity contribution in [2.24, 2.45) is 0 Å². The first-order valence-electron chi connectivity index (χ1n) is 4.01. The third-order valence-corrected chi connectivity index (χ3v) is 5.36. The number of rotatable bonds is 6. The molecule has 0 aromatic rings. The van der Waals surface area contributed by atoms with Crippen LogP contribution >= 0.6 is 0 Å². The van der Waals surface area contributed by atoms with Gasteiger partial charge in [0.25, 0.3) is 0 Å². The minimum Gasteiger partial charge on any atom is -0.497 e. The van der Waals surface area contributed by atoms with E-state index in [9.17, 15) is 0 Å². The molecule has 3 nitrogen and oxygen atoms in total. The second kappa shape index (κ2) is 5.34. The van der Waals surface area contributed by atoms with Crippen LogP contribution < -0.4 is 0 Å². The van der Waals surface area contributed by atoms with Gasteiger partial charge in [0, 0.05) is 14.2 Å². The van der Waals surface area contributed by atoms with Gasteiger partial charge in [0.2, 0.25) is 0 Å². The second-order valence-corrected chi connectivity index (χ2v) is 6.12. The molecule has 0 aliphatic carbocycles. The summed E-state index contributed by atoms with van der Waals surface area (Å²) in [5.41, 5.74) is 0.0185. The first-order valence-corrected chi connectivity index (χ1v) is 6.40. The van der Waals surface area contributed by atoms with Crippen molar-refractivity contribution in [2.45, 2.75) is 25.6 Å². The van der Waals surface area contributed by atoms with Gasteiger partial charge in [-0.25, -0.2) is 0 Å². The highest BCUT2D eigenvalue weighted by Crippen LogP contribution is 2.16. The third-order valence-electron chi connectivity index (χ3n) is 2.03. The molecule has 4 heteroatoms. The fraction of sp³-hybridized carbons (Fsp3) is 0.750. The van der Waals surface area contributed by atoms with Gasteiger partial charge in [-0.15, -0.1) is 0 Å². The fourth-order valence-corrected chi connectivity index (χ4v) is 2.83. The Hall–Kier alpha value is -0.323. The highest BCUT2D eigenvalue weighted by molar-refractivity contribution is 6.67. The Bertz CT molecular complexity index is 134. The molecule has 72 valence electrons. The molecule has 12 heavy (non-hydrogen) atoms. The van der Waals surface area contributed by atoms with Crippen LogP contribution in [0.5, 0.6) is 0 Å². The Labute approximate surface area is 75.6 Å². The number of ether oxygens (including phenoxy) is 1. The average molecular weight is 190 g/mol. The van der Waals surface area contributed by atoms with Crippen molar-refractivity contribution in [1.82, 2.24) is 0 Å². The third kappa shape index (κ3) is 2.62. The molecule has 0 saturated heterocycles. The summed E-state index contributed by atoms with van der Waals surface area (Å²) in [4.78, 5) is 0. The highest BCUT2D eigenvalue weighted by atomic mass is 28.4. The molecular weight excluding hydrogens is 172 g/mol. The number of hydrogen-bond donors (Lipinski definition) is 0. The van der Waals surface area contributed by atoms with E-state index in [0.29, 0.717) is 0 Å². The van der Waals surface area contributed by atoms with Gasteiger partial charge in [-0.3, -0.25) is 0 Å². The summed E-state index contributed by atoms with van der Waals surface area (Å²) in [6.07, 6.45) is 2.31. The molecule has 0 rings (SSSR count). The predicted molar refractivity (Wildman–Crippen MR) is 51.0 cm³/mol. The van der Waals surface area contributed by atoms with Gasteiger partial charge >= 0.3 is 8.56 Å². The Kier molecular flexibility index (Phi) is 5.20. The normalized spacial score (nSPS) is 14.0. The fourth-order valence-electron chi connectivity index (χ4n) is 1.05. The molecule has 0 heterocycles. The molecule has 0 saturated carbocycles. The Morgan fingerprint density at radius 1 is 1.42 bits per heavy atom. The molecule has 0 N–H and O–H groups in total. The SMILES string of the molecule is C=COC(CC)[Si](C)(OC)OC. The van der Waals surface area contributed by atoms with Crippen LogP contribution in [-0.4, -0.2) is 28.5 Å². The van der Waals surface area contributed by atoms with Crippen LogP contribution in [0.1, 0.15) is 13.3 Å². The lowest BCUT2D eigenvalue weighted by Crippen LogP contribution is -2.49. The van der Waals surface area contributed by atoms with Crippen LogP contribution in [0.15, 0.2) is 12.8 Å². The van der Waals surface area contributed by atoms with Gasteiger partial charge in [-0.05, 0) is 13.0 Å². The number of hydrogen-bond acceptors (Lipinski definition) is 3. The molecule has 0 aromatic carbocycles. The maximum Gasteiger partial charge on any atom is 0.376 e. The summed E-state index contributed by atoms with van der Waals surface area (Å²) >= 11 is 0. The molecule has 0 amide bonds. The lowest BCUT2D eigenvalue weighted by molar-refractivity contribution is 0.126. The van der Waals surface area contributed by atoms with Crippen molar-refractivity contribution in [3.63, 3.8) is 0 Å². The molecule has 0 radical (unpaired) electrons. The smallest absolute Gasteiger partial charge is 0.376 e. The van der Waals surface area contributed by atoms with Crippen molar-refractivity contribution in [3.8, 4) is 0 Å². The van der Waals surface area contributed by atoms with Gasteiger partial charge < -0.3 is 13.6 Å². The van der Waals surface area contributed by atoms with Crippen molar-refractivity contribution < 1.29 is 13.6 Å². The second-order valence-electron chi connectivity index (χ2n) is 2.62. The summed E-state index contributed by atoms with van der Waals surface area (Å²) in [6.45, 7) is 7.54. The molecule has 0 spiro atoms. The topological polar surface area (TPSA) is 27.7 Å². The lowest BCUT2D eigenvalue weighted by atomic mass is 10.5. The van der Waals surface area contributed by atoms with E-state index in [0.717, 1.165) is 6.42 Å². The van der Waals surface area contributed by atoms with Crippen LogP contribution in [-0.2, 0) is 13.6 Å². The predicted octanol–water partition coefficient (Wildman–Crippen LogP) is 1.83. The Balaban J connectivity index is 4.31. The van der Waals surface area contributed by atoms with Gasteiger partial charge in [-0.1, -0.05) is 13.5 Å². The quantitative estimate of drug-likeness (QED) is 0.472. The van der Waals surface area contributed by atoms with E-state index in [1.807, 2.05) is 13.5 Å². The highest BCUT2D eigenvalue weighted by Gasteiger charge is 2.39. The summed E-state index contributed by atoms with van der Waals surface area (Å²) in [6, 6.07) is 0. The van der Waals surface area contributed by atoms with Crippen LogP contribution in [0, 0.1) is 0 Å². The van der Waals surface area contributed by atoms with Gasteiger partial charge in [-0.2, -0.15) is 0 Å². The van der Waals surface area contributed by atoms with Crippen molar-refractivity contribution >= 4 is 8.56 Å². The van der Waals surface area contributed by atoms with E-state index in [1.54, 1.807) is 14.2 Å². The summed E-state index contributed by atoms with van der Waals surface area (Å²) in [5, 5.41) is 0. The largest absolute Gasteiger partial charge is 0.497 e. The molecule has 0 fully saturated rings. The first-order chi connectivity index (χ1) is 5.64. The van der Waals surface area contributed by atoms with Crippen LogP contribution in [0.25, 0.3) is 0 Å². The van der Waals surface area contributed by atoms with Crippen LogP contribution in [0.4, 0.5) is 0 Å². The zero-order valence-electron chi connectivity index (χ0n) is 8.29. The molecule has 0 bridgehead atoms. The van der Waals surface area contributed by atoms with Gasteiger partial charge in [0.15, 0.2) is 0 Å². The first kappa shape index (κ1) is 11.7. The average Bonchev–Trinajstić information content (AvgIpc) is 2.13. The molecule has 1 unspecified atom stereocenters. The van der Waals surface area contributed by atoms with Gasteiger partial charge in [0.1, 0.15) is 5.73 Å². The van der Waals surface area contributed by atoms with Crippen molar-refractivity contribution in [2.75, 3.05) is 14.2 Å². The molecule has 0 aliphatic rings. The van der Waals surface area contributed by atoms with E-state index in [4.69, 9.17) is 13.6 Å². The summed E-state index contributed by atoms with van der Waals surface area (Å²) in [5.74, 6) is 0. The Morgan fingerprint density at radius 3 is 2.17 bits per heavy atom. The minimum atomic E-state index is -2.14. The minimum absolute atomic E-state index is 0.0185. The molecule has 1 atom stereocenters. The van der Waals surface area contributed by atoms with E-state index in [2.05, 4.69) is 6.58 Å². The van der Waals surface area contributed by atoms with E-state index >= 15 is 0 Å². The molecule has 0 aromatic heterocycles. The monoisotopic (exact) mass is 190 g/mol. The standard InChI is InChI=1S/C8H18O3Si/c1-6-8(11-7-2)12(5,9-3)10-4/h7-8H,2,6H2,1,3-5H3. The Morgan fingerprint density at radius 2 is 1.92 bits per heavy atom. The van der Waals surface area contributed by atoms with Gasteiger partial charge in [0.05, 0.1) is 6.26 Å². The van der Waals surface area contributed by atoms with Crippen molar-refractivity contribution in [1.29, 1.82) is 0 Å². The van der Waals surface area contributed by atoms with Crippen LogP contribution in [0.3, 0.4) is 0 Å². The molecular formula is C8H18O3Si.